The molecule has 0 radical (unpaired) electrons. The summed E-state index contributed by atoms with van der Waals surface area (Å²) in [6.07, 6.45) is 4.14. The highest BCUT2D eigenvalue weighted by atomic mass is 16.5. The molecule has 27 heavy (non-hydrogen) atoms. The van der Waals surface area contributed by atoms with Crippen LogP contribution in [-0.4, -0.2) is 65.6 Å². The van der Waals surface area contributed by atoms with Gasteiger partial charge in [-0.25, -0.2) is 0 Å². The Kier molecular flexibility index (Phi) is 4.37. The second-order valence-electron chi connectivity index (χ2n) is 7.48. The van der Waals surface area contributed by atoms with Crippen LogP contribution < -0.4 is 4.74 Å². The fraction of sp³-hybridized carbons (Fsp3) is 0.450. The number of carbonyl (C=O) groups is 2. The number of H-pyrrole nitrogens is 1. The summed E-state index contributed by atoms with van der Waals surface area (Å²) in [6, 6.07) is 7.52. The van der Waals surface area contributed by atoms with Crippen molar-refractivity contribution in [1.29, 1.82) is 0 Å². The lowest BCUT2D eigenvalue weighted by molar-refractivity contribution is -0.143. The number of aromatic nitrogens is 2. The summed E-state index contributed by atoms with van der Waals surface area (Å²) >= 11 is 0. The van der Waals surface area contributed by atoms with Crippen molar-refractivity contribution in [2.45, 2.75) is 19.3 Å². The molecule has 2 amide bonds. The second kappa shape index (κ2) is 6.72. The third-order valence-corrected chi connectivity index (χ3v) is 5.82. The first kappa shape index (κ1) is 17.6. The topological polar surface area (TPSA) is 78.5 Å². The Morgan fingerprint density at radius 2 is 2.15 bits per heavy atom. The van der Waals surface area contributed by atoms with Gasteiger partial charge in [0.15, 0.2) is 0 Å². The van der Waals surface area contributed by atoms with Crippen LogP contribution in [0.3, 0.4) is 0 Å². The number of ether oxygens (including phenoxy) is 1. The van der Waals surface area contributed by atoms with Crippen molar-refractivity contribution in [1.82, 2.24) is 20.0 Å². The van der Waals surface area contributed by atoms with E-state index in [1.165, 1.54) is 0 Å². The minimum Gasteiger partial charge on any atom is -0.497 e. The van der Waals surface area contributed by atoms with Gasteiger partial charge in [0.05, 0.1) is 30.0 Å². The number of aromatic amines is 1. The van der Waals surface area contributed by atoms with Gasteiger partial charge in [-0.3, -0.25) is 14.7 Å². The molecule has 2 aliphatic rings. The molecule has 0 saturated carbocycles. The molecule has 7 heteroatoms. The van der Waals surface area contributed by atoms with Gasteiger partial charge in [0.25, 0.3) is 5.91 Å². The van der Waals surface area contributed by atoms with E-state index in [0.717, 1.165) is 37.1 Å². The highest BCUT2D eigenvalue weighted by molar-refractivity contribution is 6.00. The largest absolute Gasteiger partial charge is 0.497 e. The van der Waals surface area contributed by atoms with Gasteiger partial charge in [0.1, 0.15) is 5.75 Å². The molecule has 3 heterocycles. The number of piperidine rings is 1. The van der Waals surface area contributed by atoms with E-state index in [2.05, 4.69) is 10.2 Å². The van der Waals surface area contributed by atoms with Crippen LogP contribution >= 0.6 is 0 Å². The maximum absolute atomic E-state index is 13.2. The first-order valence-electron chi connectivity index (χ1n) is 9.27. The van der Waals surface area contributed by atoms with Gasteiger partial charge >= 0.3 is 0 Å². The Labute approximate surface area is 158 Å². The maximum Gasteiger partial charge on any atom is 0.257 e. The lowest BCUT2D eigenvalue weighted by atomic mass is 9.78. The minimum atomic E-state index is -0.414. The van der Waals surface area contributed by atoms with Gasteiger partial charge in [-0.2, -0.15) is 5.10 Å². The Morgan fingerprint density at radius 1 is 1.30 bits per heavy atom. The average Bonchev–Trinajstić information content (AvgIpc) is 3.34. The van der Waals surface area contributed by atoms with Crippen LogP contribution in [0, 0.1) is 5.41 Å². The third-order valence-electron chi connectivity index (χ3n) is 5.82. The second-order valence-corrected chi connectivity index (χ2v) is 7.48. The van der Waals surface area contributed by atoms with Crippen molar-refractivity contribution in [2.24, 2.45) is 5.41 Å². The molecule has 1 aromatic carbocycles. The van der Waals surface area contributed by atoms with E-state index in [9.17, 15) is 9.59 Å². The van der Waals surface area contributed by atoms with Crippen molar-refractivity contribution in [2.75, 3.05) is 33.8 Å². The average molecular weight is 368 g/mol. The molecule has 2 saturated heterocycles. The van der Waals surface area contributed by atoms with Crippen molar-refractivity contribution in [3.8, 4) is 17.0 Å². The summed E-state index contributed by atoms with van der Waals surface area (Å²) in [7, 11) is 3.46. The zero-order valence-corrected chi connectivity index (χ0v) is 15.7. The third kappa shape index (κ3) is 2.97. The highest BCUT2D eigenvalue weighted by Gasteiger charge is 2.48. The molecule has 142 valence electrons. The summed E-state index contributed by atoms with van der Waals surface area (Å²) in [6.45, 7) is 1.88. The lowest BCUT2D eigenvalue weighted by Gasteiger charge is -2.37. The molecule has 1 aromatic heterocycles. The van der Waals surface area contributed by atoms with E-state index in [0.29, 0.717) is 24.3 Å². The summed E-state index contributed by atoms with van der Waals surface area (Å²) in [5.41, 5.74) is 1.63. The summed E-state index contributed by atoms with van der Waals surface area (Å²) in [5.74, 6) is 0.806. The normalized spacial score (nSPS) is 22.5. The number of hydrogen-bond acceptors (Lipinski definition) is 4. The molecule has 2 fully saturated rings. The molecule has 1 spiro atoms. The van der Waals surface area contributed by atoms with Crippen LogP contribution in [0.4, 0.5) is 0 Å². The maximum atomic E-state index is 13.2. The summed E-state index contributed by atoms with van der Waals surface area (Å²) in [4.78, 5) is 29.5. The molecular formula is C20H24N4O3. The van der Waals surface area contributed by atoms with E-state index in [-0.39, 0.29) is 11.8 Å². The van der Waals surface area contributed by atoms with Crippen LogP contribution in [0.1, 0.15) is 29.6 Å². The van der Waals surface area contributed by atoms with Crippen LogP contribution in [0.25, 0.3) is 11.3 Å². The van der Waals surface area contributed by atoms with Crippen LogP contribution in [0.2, 0.25) is 0 Å². The zero-order valence-electron chi connectivity index (χ0n) is 15.7. The van der Waals surface area contributed by atoms with E-state index in [1.54, 1.807) is 23.1 Å². The molecule has 0 aliphatic carbocycles. The predicted molar refractivity (Wildman–Crippen MR) is 100 cm³/mol. The number of carbonyl (C=O) groups excluding carboxylic acids is 2. The standard InChI is InChI=1S/C20H24N4O3/c1-23-9-4-7-20(19(23)26)8-10-24(13-20)18(25)16-12-21-22-17(16)14-5-3-6-15(11-14)27-2/h3,5-6,11-12H,4,7-10,13H2,1-2H3,(H,21,22)/t20-/m0/s1. The number of likely N-dealkylation sites (tertiary alicyclic amines) is 2. The molecular weight excluding hydrogens is 344 g/mol. The lowest BCUT2D eigenvalue weighted by Crippen LogP contribution is -2.48. The number of nitrogens with zero attached hydrogens (tertiary/aromatic N) is 3. The fourth-order valence-electron chi connectivity index (χ4n) is 4.31. The Bertz CT molecular complexity index is 878. The number of methoxy groups -OCH3 is 1. The molecule has 0 bridgehead atoms. The Morgan fingerprint density at radius 3 is 2.96 bits per heavy atom. The van der Waals surface area contributed by atoms with Gasteiger partial charge in [0.2, 0.25) is 5.91 Å². The van der Waals surface area contributed by atoms with Gasteiger partial charge in [-0.05, 0) is 31.4 Å². The van der Waals surface area contributed by atoms with Crippen molar-refractivity contribution in [3.05, 3.63) is 36.0 Å². The Hall–Kier alpha value is -2.83. The molecule has 2 aromatic rings. The number of amides is 2. The fourth-order valence-corrected chi connectivity index (χ4v) is 4.31. The predicted octanol–water partition coefficient (Wildman–Crippen LogP) is 2.17. The molecule has 2 aliphatic heterocycles. The Balaban J connectivity index is 1.58. The number of benzene rings is 1. The monoisotopic (exact) mass is 368 g/mol. The van der Waals surface area contributed by atoms with E-state index in [1.807, 2.05) is 31.3 Å². The summed E-state index contributed by atoms with van der Waals surface area (Å²) < 4.78 is 5.28. The number of hydrogen-bond donors (Lipinski definition) is 1. The SMILES string of the molecule is COc1cccc(-c2[nH]ncc2C(=O)N2CC[C@@]3(CCCN(C)C3=O)C2)c1. The van der Waals surface area contributed by atoms with Crippen LogP contribution in [-0.2, 0) is 4.79 Å². The van der Waals surface area contributed by atoms with Gasteiger partial charge in [0, 0.05) is 32.2 Å². The zero-order chi connectivity index (χ0) is 19.0. The molecule has 0 unspecified atom stereocenters. The minimum absolute atomic E-state index is 0.0838. The molecule has 1 N–H and O–H groups in total. The quantitative estimate of drug-likeness (QED) is 0.901. The number of rotatable bonds is 3. The first-order chi connectivity index (χ1) is 13.0. The van der Waals surface area contributed by atoms with Crippen molar-refractivity contribution in [3.63, 3.8) is 0 Å². The van der Waals surface area contributed by atoms with Gasteiger partial charge < -0.3 is 14.5 Å². The van der Waals surface area contributed by atoms with Crippen molar-refractivity contribution >= 4 is 11.8 Å². The number of nitrogens with one attached hydrogen (secondary N) is 1. The van der Waals surface area contributed by atoms with Gasteiger partial charge in [-0.15, -0.1) is 0 Å². The molecule has 1 atom stereocenters. The van der Waals surface area contributed by atoms with Gasteiger partial charge in [-0.1, -0.05) is 12.1 Å². The summed E-state index contributed by atoms with van der Waals surface area (Å²) in [5, 5.41) is 7.03. The van der Waals surface area contributed by atoms with E-state index in [4.69, 9.17) is 4.74 Å². The smallest absolute Gasteiger partial charge is 0.257 e. The van der Waals surface area contributed by atoms with Crippen LogP contribution in [0.15, 0.2) is 30.5 Å². The highest BCUT2D eigenvalue weighted by Crippen LogP contribution is 2.40. The molecule has 4 rings (SSSR count). The van der Waals surface area contributed by atoms with E-state index >= 15 is 0 Å². The first-order valence-corrected chi connectivity index (χ1v) is 9.27. The van der Waals surface area contributed by atoms with E-state index < -0.39 is 5.41 Å². The van der Waals surface area contributed by atoms with Crippen LogP contribution in [0.5, 0.6) is 5.75 Å². The van der Waals surface area contributed by atoms with Crippen molar-refractivity contribution < 1.29 is 14.3 Å². The molecule has 7 nitrogen and oxygen atoms in total.